The van der Waals surface area contributed by atoms with Crippen LogP contribution in [0.3, 0.4) is 0 Å². The molecule has 36 heavy (non-hydrogen) atoms. The number of anilines is 1. The van der Waals surface area contributed by atoms with Gasteiger partial charge in [-0.3, -0.25) is 4.72 Å². The van der Waals surface area contributed by atoms with Gasteiger partial charge < -0.3 is 9.26 Å². The summed E-state index contributed by atoms with van der Waals surface area (Å²) in [5, 5.41) is 4.14. The molecule has 11 heteroatoms. The van der Waals surface area contributed by atoms with E-state index in [4.69, 9.17) is 4.74 Å². The van der Waals surface area contributed by atoms with Crippen molar-refractivity contribution < 1.29 is 26.5 Å². The van der Waals surface area contributed by atoms with Crippen LogP contribution in [0, 0.1) is 18.6 Å². The van der Waals surface area contributed by atoms with Crippen molar-refractivity contribution in [3.8, 4) is 28.1 Å². The molecule has 0 amide bonds. The normalized spacial score (nSPS) is 11.6. The Morgan fingerprint density at radius 2 is 1.78 bits per heavy atom. The molecule has 0 aliphatic carbocycles. The van der Waals surface area contributed by atoms with Gasteiger partial charge in [0.2, 0.25) is 0 Å². The number of benzene rings is 3. The quantitative estimate of drug-likeness (QED) is 0.330. The maximum atomic E-state index is 14.5. The van der Waals surface area contributed by atoms with E-state index in [9.17, 15) is 17.2 Å². The first kappa shape index (κ1) is 23.4. The van der Waals surface area contributed by atoms with Gasteiger partial charge in [0.15, 0.2) is 5.82 Å². The van der Waals surface area contributed by atoms with Crippen molar-refractivity contribution in [3.05, 3.63) is 84.4 Å². The molecule has 3 aromatic carbocycles. The molecular weight excluding hydrogens is 490 g/mol. The Hall–Kier alpha value is -4.38. The van der Waals surface area contributed by atoms with Crippen LogP contribution in [0.1, 0.15) is 5.56 Å². The van der Waals surface area contributed by atoms with Gasteiger partial charge in [-0.2, -0.15) is 0 Å². The van der Waals surface area contributed by atoms with Crippen molar-refractivity contribution in [1.82, 2.24) is 15.1 Å². The van der Waals surface area contributed by atoms with Crippen LogP contribution in [0.25, 0.3) is 33.3 Å². The molecule has 0 fully saturated rings. The van der Waals surface area contributed by atoms with Crippen molar-refractivity contribution in [1.29, 1.82) is 0 Å². The zero-order valence-electron chi connectivity index (χ0n) is 19.0. The van der Waals surface area contributed by atoms with Crippen LogP contribution in [0.15, 0.2) is 76.6 Å². The highest BCUT2D eigenvalue weighted by Gasteiger charge is 2.20. The van der Waals surface area contributed by atoms with Crippen LogP contribution in [-0.4, -0.2) is 30.7 Å². The summed E-state index contributed by atoms with van der Waals surface area (Å²) >= 11 is 0. The zero-order valence-corrected chi connectivity index (χ0v) is 19.8. The minimum absolute atomic E-state index is 0.0204. The molecule has 0 atom stereocenters. The van der Waals surface area contributed by atoms with Crippen molar-refractivity contribution in [3.63, 3.8) is 0 Å². The van der Waals surface area contributed by atoms with Gasteiger partial charge in [-0.15, -0.1) is 0 Å². The van der Waals surface area contributed by atoms with E-state index in [0.717, 1.165) is 6.07 Å². The number of aromatic nitrogens is 3. The average Bonchev–Trinajstić information content (AvgIpc) is 3.36. The fraction of sp³-hybridized carbons (Fsp3) is 0.0800. The number of methoxy groups -OCH3 is 1. The van der Waals surface area contributed by atoms with Crippen molar-refractivity contribution >= 4 is 26.7 Å². The third kappa shape index (κ3) is 4.24. The highest BCUT2D eigenvalue weighted by atomic mass is 32.2. The minimum atomic E-state index is -3.93. The van der Waals surface area contributed by atoms with E-state index >= 15 is 0 Å². The number of rotatable bonds is 6. The van der Waals surface area contributed by atoms with Crippen LogP contribution >= 0.6 is 0 Å². The summed E-state index contributed by atoms with van der Waals surface area (Å²) in [6, 6.07) is 12.7. The number of hydrogen-bond donors (Lipinski definition) is 1. The Morgan fingerprint density at radius 1 is 0.944 bits per heavy atom. The van der Waals surface area contributed by atoms with E-state index in [1.165, 1.54) is 50.0 Å². The lowest BCUT2D eigenvalue weighted by Gasteiger charge is -2.15. The predicted molar refractivity (Wildman–Crippen MR) is 129 cm³/mol. The summed E-state index contributed by atoms with van der Waals surface area (Å²) in [4.78, 5) is 8.63. The van der Waals surface area contributed by atoms with Crippen LogP contribution in [-0.2, 0) is 10.0 Å². The number of halogens is 2. The van der Waals surface area contributed by atoms with E-state index in [1.54, 1.807) is 25.1 Å². The highest BCUT2D eigenvalue weighted by molar-refractivity contribution is 7.92. The number of nitrogens with zero attached hydrogens (tertiary/aromatic N) is 3. The third-order valence-corrected chi connectivity index (χ3v) is 6.97. The van der Waals surface area contributed by atoms with Gasteiger partial charge in [0.25, 0.3) is 10.0 Å². The van der Waals surface area contributed by atoms with Crippen LogP contribution in [0.5, 0.6) is 5.75 Å². The number of nitrogens with one attached hydrogen (secondary N) is 1. The molecule has 0 saturated carbocycles. The molecule has 2 heterocycles. The molecule has 0 aliphatic heterocycles. The number of sulfonamides is 1. The molecule has 0 aliphatic rings. The first-order chi connectivity index (χ1) is 17.3. The average molecular weight is 509 g/mol. The summed E-state index contributed by atoms with van der Waals surface area (Å²) in [6.07, 6.45) is 2.57. The molecule has 5 aromatic rings. The van der Waals surface area contributed by atoms with Crippen LogP contribution in [0.2, 0.25) is 0 Å². The van der Waals surface area contributed by atoms with Crippen LogP contribution in [0.4, 0.5) is 14.6 Å². The molecule has 0 unspecified atom stereocenters. The standard InChI is InChI=1S/C25H18F2N4O4S/c1-14-9-20(23(34-2)12-19(14)17-5-3-15(26)10-21(17)27)25-18-6-4-16(11-22(18)28-13-29-25)36(32,33)31-24-7-8-35-30-24/h3-13H,1-2H3,(H,30,31). The number of hydrogen-bond acceptors (Lipinski definition) is 7. The lowest BCUT2D eigenvalue weighted by molar-refractivity contribution is 0.416. The molecule has 8 nitrogen and oxygen atoms in total. The van der Waals surface area contributed by atoms with Gasteiger partial charge in [0.1, 0.15) is 30.0 Å². The summed E-state index contributed by atoms with van der Waals surface area (Å²) in [7, 11) is -2.46. The fourth-order valence-electron chi connectivity index (χ4n) is 3.92. The molecular formula is C25H18F2N4O4S. The van der Waals surface area contributed by atoms with Crippen molar-refractivity contribution in [2.45, 2.75) is 11.8 Å². The second-order valence-corrected chi connectivity index (χ2v) is 9.57. The number of ether oxygens (including phenoxy) is 1. The molecule has 182 valence electrons. The summed E-state index contributed by atoms with van der Waals surface area (Å²) in [5.41, 5.74) is 2.97. The highest BCUT2D eigenvalue weighted by Crippen LogP contribution is 2.39. The van der Waals surface area contributed by atoms with E-state index in [0.29, 0.717) is 39.0 Å². The molecule has 1 N–H and O–H groups in total. The van der Waals surface area contributed by atoms with Gasteiger partial charge in [-0.25, -0.2) is 27.2 Å². The second kappa shape index (κ2) is 9.00. The maximum absolute atomic E-state index is 14.5. The molecule has 2 aromatic heterocycles. The lowest BCUT2D eigenvalue weighted by Crippen LogP contribution is -2.13. The van der Waals surface area contributed by atoms with Gasteiger partial charge in [0.05, 0.1) is 23.2 Å². The lowest BCUT2D eigenvalue weighted by atomic mass is 9.95. The largest absolute Gasteiger partial charge is 0.496 e. The van der Waals surface area contributed by atoms with E-state index in [1.807, 2.05) is 0 Å². The Bertz CT molecular complexity index is 1710. The van der Waals surface area contributed by atoms with Gasteiger partial charge in [-0.1, -0.05) is 5.16 Å². The Balaban J connectivity index is 1.60. The zero-order chi connectivity index (χ0) is 25.4. The minimum Gasteiger partial charge on any atom is -0.496 e. The van der Waals surface area contributed by atoms with E-state index < -0.39 is 21.7 Å². The first-order valence-electron chi connectivity index (χ1n) is 10.6. The maximum Gasteiger partial charge on any atom is 0.263 e. The summed E-state index contributed by atoms with van der Waals surface area (Å²) in [6.45, 7) is 1.80. The Morgan fingerprint density at radius 3 is 2.50 bits per heavy atom. The van der Waals surface area contributed by atoms with E-state index in [-0.39, 0.29) is 16.3 Å². The molecule has 0 saturated heterocycles. The second-order valence-electron chi connectivity index (χ2n) is 7.88. The molecule has 0 radical (unpaired) electrons. The monoisotopic (exact) mass is 508 g/mol. The topological polar surface area (TPSA) is 107 Å². The smallest absolute Gasteiger partial charge is 0.263 e. The third-order valence-electron chi connectivity index (χ3n) is 5.62. The SMILES string of the molecule is COc1cc(-c2ccc(F)cc2F)c(C)cc1-c1ncnc2cc(S(=O)(=O)Nc3ccon3)ccc12. The fourth-order valence-corrected chi connectivity index (χ4v) is 4.93. The Kier molecular flexibility index (Phi) is 5.84. The molecule has 0 bridgehead atoms. The molecule has 5 rings (SSSR count). The summed E-state index contributed by atoms with van der Waals surface area (Å²) < 4.78 is 66.0. The predicted octanol–water partition coefficient (Wildman–Crippen LogP) is 5.35. The van der Waals surface area contributed by atoms with E-state index in [2.05, 4.69) is 24.4 Å². The van der Waals surface area contributed by atoms with Gasteiger partial charge in [-0.05, 0) is 60.5 Å². The number of aryl methyl sites for hydroxylation is 1. The summed E-state index contributed by atoms with van der Waals surface area (Å²) in [5.74, 6) is -0.893. The van der Waals surface area contributed by atoms with Crippen LogP contribution < -0.4 is 9.46 Å². The van der Waals surface area contributed by atoms with Crippen molar-refractivity contribution in [2.75, 3.05) is 11.8 Å². The number of fused-ring (bicyclic) bond motifs is 1. The van der Waals surface area contributed by atoms with Gasteiger partial charge >= 0.3 is 0 Å². The first-order valence-corrected chi connectivity index (χ1v) is 12.1. The van der Waals surface area contributed by atoms with Crippen molar-refractivity contribution in [2.24, 2.45) is 0 Å². The Labute approximate surface area is 204 Å². The molecule has 0 spiro atoms. The van der Waals surface area contributed by atoms with Gasteiger partial charge in [0, 0.05) is 28.6 Å².